The molecular formula is C13H19F2NO. The first kappa shape index (κ1) is 14.1. The van der Waals surface area contributed by atoms with Gasteiger partial charge in [0.1, 0.15) is 11.6 Å². The summed E-state index contributed by atoms with van der Waals surface area (Å²) < 4.78 is 31.9. The van der Waals surface area contributed by atoms with E-state index in [0.29, 0.717) is 5.56 Å². The van der Waals surface area contributed by atoms with Crippen LogP contribution >= 0.6 is 0 Å². The molecule has 96 valence electrons. The minimum absolute atomic E-state index is 0.261. The van der Waals surface area contributed by atoms with Gasteiger partial charge in [-0.1, -0.05) is 6.92 Å². The van der Waals surface area contributed by atoms with Gasteiger partial charge >= 0.3 is 0 Å². The lowest BCUT2D eigenvalue weighted by Gasteiger charge is -2.36. The zero-order valence-electron chi connectivity index (χ0n) is 10.7. The van der Waals surface area contributed by atoms with Crippen molar-refractivity contribution in [2.75, 3.05) is 14.2 Å². The van der Waals surface area contributed by atoms with Crippen molar-refractivity contribution in [3.05, 3.63) is 35.4 Å². The van der Waals surface area contributed by atoms with E-state index in [1.165, 1.54) is 12.1 Å². The summed E-state index contributed by atoms with van der Waals surface area (Å²) in [4.78, 5) is 0. The molecule has 0 aromatic heterocycles. The van der Waals surface area contributed by atoms with Gasteiger partial charge in [-0.2, -0.15) is 0 Å². The fourth-order valence-electron chi connectivity index (χ4n) is 2.03. The standard InChI is InChI=1S/C13H19F2NO/c1-5-13(2,17-4)12(16-3)9-6-10(14)8-11(15)7-9/h6-8,12,16H,5H2,1-4H3. The molecule has 0 fully saturated rings. The highest BCUT2D eigenvalue weighted by molar-refractivity contribution is 5.24. The third-order valence-electron chi connectivity index (χ3n) is 3.29. The summed E-state index contributed by atoms with van der Waals surface area (Å²) in [5, 5.41) is 3.06. The molecule has 2 unspecified atom stereocenters. The normalized spacial score (nSPS) is 16.6. The molecule has 4 heteroatoms. The second-order valence-electron chi connectivity index (χ2n) is 4.29. The van der Waals surface area contributed by atoms with Crippen molar-refractivity contribution in [3.8, 4) is 0 Å². The van der Waals surface area contributed by atoms with Crippen LogP contribution in [0.4, 0.5) is 8.78 Å². The van der Waals surface area contributed by atoms with Gasteiger partial charge in [0.15, 0.2) is 0 Å². The SMILES string of the molecule is CCC(C)(OC)C(NC)c1cc(F)cc(F)c1. The molecular weight excluding hydrogens is 224 g/mol. The number of benzene rings is 1. The van der Waals surface area contributed by atoms with Crippen LogP contribution in [0.2, 0.25) is 0 Å². The van der Waals surface area contributed by atoms with Crippen LogP contribution in [0.3, 0.4) is 0 Å². The van der Waals surface area contributed by atoms with Crippen molar-refractivity contribution in [2.24, 2.45) is 0 Å². The van der Waals surface area contributed by atoms with Crippen LogP contribution in [-0.4, -0.2) is 19.8 Å². The predicted octanol–water partition coefficient (Wildman–Crippen LogP) is 3.04. The van der Waals surface area contributed by atoms with Gasteiger partial charge in [-0.05, 0) is 38.1 Å². The molecule has 0 heterocycles. The van der Waals surface area contributed by atoms with Gasteiger partial charge < -0.3 is 10.1 Å². The first-order valence-corrected chi connectivity index (χ1v) is 5.65. The Balaban J connectivity index is 3.17. The monoisotopic (exact) mass is 243 g/mol. The van der Waals surface area contributed by atoms with Gasteiger partial charge in [0.05, 0.1) is 11.6 Å². The Kier molecular flexibility index (Phi) is 4.60. The van der Waals surface area contributed by atoms with E-state index in [1.807, 2.05) is 13.8 Å². The van der Waals surface area contributed by atoms with E-state index in [9.17, 15) is 8.78 Å². The fraction of sp³-hybridized carbons (Fsp3) is 0.538. The molecule has 0 bridgehead atoms. The number of halogens is 2. The van der Waals surface area contributed by atoms with Gasteiger partial charge in [-0.25, -0.2) is 8.78 Å². The topological polar surface area (TPSA) is 21.3 Å². The van der Waals surface area contributed by atoms with E-state index < -0.39 is 17.2 Å². The molecule has 0 radical (unpaired) electrons. The van der Waals surface area contributed by atoms with Crippen molar-refractivity contribution in [3.63, 3.8) is 0 Å². The Morgan fingerprint density at radius 3 is 2.18 bits per heavy atom. The Labute approximate surface area is 101 Å². The molecule has 0 amide bonds. The summed E-state index contributed by atoms with van der Waals surface area (Å²) in [7, 11) is 3.35. The number of rotatable bonds is 5. The predicted molar refractivity (Wildman–Crippen MR) is 63.9 cm³/mol. The molecule has 0 spiro atoms. The molecule has 1 aromatic carbocycles. The molecule has 2 atom stereocenters. The lowest BCUT2D eigenvalue weighted by atomic mass is 9.87. The molecule has 17 heavy (non-hydrogen) atoms. The van der Waals surface area contributed by atoms with E-state index in [4.69, 9.17) is 4.74 Å². The minimum atomic E-state index is -0.574. The van der Waals surface area contributed by atoms with E-state index in [1.54, 1.807) is 14.2 Å². The first-order chi connectivity index (χ1) is 7.96. The molecule has 1 N–H and O–H groups in total. The molecule has 1 aromatic rings. The lowest BCUT2D eigenvalue weighted by molar-refractivity contribution is -0.0281. The molecule has 2 nitrogen and oxygen atoms in total. The van der Waals surface area contributed by atoms with Crippen LogP contribution in [0.15, 0.2) is 18.2 Å². The highest BCUT2D eigenvalue weighted by atomic mass is 19.1. The Morgan fingerprint density at radius 2 is 1.82 bits per heavy atom. The average Bonchev–Trinajstić information content (AvgIpc) is 2.28. The molecule has 0 aliphatic carbocycles. The number of likely N-dealkylation sites (N-methyl/N-ethyl adjacent to an activating group) is 1. The molecule has 0 aliphatic rings. The van der Waals surface area contributed by atoms with Crippen LogP contribution in [-0.2, 0) is 4.74 Å². The number of ether oxygens (including phenoxy) is 1. The number of hydrogen-bond donors (Lipinski definition) is 1. The van der Waals surface area contributed by atoms with E-state index in [-0.39, 0.29) is 6.04 Å². The van der Waals surface area contributed by atoms with Crippen molar-refractivity contribution in [1.29, 1.82) is 0 Å². The maximum atomic E-state index is 13.2. The minimum Gasteiger partial charge on any atom is -0.377 e. The molecule has 1 rings (SSSR count). The number of nitrogens with one attached hydrogen (secondary N) is 1. The van der Waals surface area contributed by atoms with E-state index in [2.05, 4.69) is 5.32 Å². The second-order valence-corrected chi connectivity index (χ2v) is 4.29. The van der Waals surface area contributed by atoms with Crippen molar-refractivity contribution in [2.45, 2.75) is 31.9 Å². The number of methoxy groups -OCH3 is 1. The maximum absolute atomic E-state index is 13.2. The Hall–Kier alpha value is -1.00. The zero-order valence-corrected chi connectivity index (χ0v) is 10.7. The van der Waals surface area contributed by atoms with Gasteiger partial charge in [0, 0.05) is 13.2 Å². The highest BCUT2D eigenvalue weighted by Crippen LogP contribution is 2.31. The smallest absolute Gasteiger partial charge is 0.126 e. The molecule has 0 aliphatic heterocycles. The van der Waals surface area contributed by atoms with E-state index in [0.717, 1.165) is 12.5 Å². The Morgan fingerprint density at radius 1 is 1.29 bits per heavy atom. The molecule has 0 saturated heterocycles. The zero-order chi connectivity index (χ0) is 13.1. The summed E-state index contributed by atoms with van der Waals surface area (Å²) in [5.41, 5.74) is 0.0471. The summed E-state index contributed by atoms with van der Waals surface area (Å²) in [6.07, 6.45) is 0.729. The third-order valence-corrected chi connectivity index (χ3v) is 3.29. The van der Waals surface area contributed by atoms with Gasteiger partial charge in [0.25, 0.3) is 0 Å². The summed E-state index contributed by atoms with van der Waals surface area (Å²) in [6.45, 7) is 3.89. The van der Waals surface area contributed by atoms with Gasteiger partial charge in [-0.15, -0.1) is 0 Å². The summed E-state index contributed by atoms with van der Waals surface area (Å²) in [5.74, 6) is -1.15. The maximum Gasteiger partial charge on any atom is 0.126 e. The van der Waals surface area contributed by atoms with Crippen LogP contribution in [0.25, 0.3) is 0 Å². The van der Waals surface area contributed by atoms with Crippen LogP contribution < -0.4 is 5.32 Å². The highest BCUT2D eigenvalue weighted by Gasteiger charge is 2.33. The van der Waals surface area contributed by atoms with Crippen LogP contribution in [0.1, 0.15) is 31.9 Å². The number of hydrogen-bond acceptors (Lipinski definition) is 2. The first-order valence-electron chi connectivity index (χ1n) is 5.65. The largest absolute Gasteiger partial charge is 0.377 e. The quantitative estimate of drug-likeness (QED) is 0.858. The van der Waals surface area contributed by atoms with Crippen LogP contribution in [0.5, 0.6) is 0 Å². The Bertz CT molecular complexity index is 357. The van der Waals surface area contributed by atoms with Crippen molar-refractivity contribution >= 4 is 0 Å². The average molecular weight is 243 g/mol. The lowest BCUT2D eigenvalue weighted by Crippen LogP contribution is -2.41. The summed E-state index contributed by atoms with van der Waals surface area (Å²) >= 11 is 0. The van der Waals surface area contributed by atoms with Crippen LogP contribution in [0, 0.1) is 11.6 Å². The van der Waals surface area contributed by atoms with Gasteiger partial charge in [-0.3, -0.25) is 0 Å². The van der Waals surface area contributed by atoms with Crippen molar-refractivity contribution < 1.29 is 13.5 Å². The third kappa shape index (κ3) is 3.01. The second kappa shape index (κ2) is 5.56. The van der Waals surface area contributed by atoms with E-state index >= 15 is 0 Å². The fourth-order valence-corrected chi connectivity index (χ4v) is 2.03. The molecule has 0 saturated carbocycles. The van der Waals surface area contributed by atoms with Crippen molar-refractivity contribution in [1.82, 2.24) is 5.32 Å². The summed E-state index contributed by atoms with van der Waals surface area (Å²) in [6, 6.07) is 3.27. The van der Waals surface area contributed by atoms with Gasteiger partial charge in [0.2, 0.25) is 0 Å².